The van der Waals surface area contributed by atoms with Crippen molar-refractivity contribution in [3.63, 3.8) is 0 Å². The number of nitrogens with one attached hydrogen (secondary N) is 1. The molecule has 0 bridgehead atoms. The fourth-order valence-corrected chi connectivity index (χ4v) is 3.47. The van der Waals surface area contributed by atoms with E-state index in [1.54, 1.807) is 19.1 Å². The summed E-state index contributed by atoms with van der Waals surface area (Å²) >= 11 is 0. The highest BCUT2D eigenvalue weighted by atomic mass is 16.5. The number of carbonyl (C=O) groups excluding carboxylic acids is 1. The highest BCUT2D eigenvalue weighted by Gasteiger charge is 2.31. The molecule has 29 heavy (non-hydrogen) atoms. The van der Waals surface area contributed by atoms with E-state index in [9.17, 15) is 4.79 Å². The molecular weight excluding hydrogens is 364 g/mol. The number of carbonyl (C=O) groups is 1. The first-order valence-corrected chi connectivity index (χ1v) is 9.87. The summed E-state index contributed by atoms with van der Waals surface area (Å²) < 4.78 is 7.12. The molecule has 0 spiro atoms. The Morgan fingerprint density at radius 1 is 1.21 bits per heavy atom. The molecule has 3 aromatic rings. The van der Waals surface area contributed by atoms with Crippen molar-refractivity contribution < 1.29 is 9.53 Å². The molecule has 2 aromatic carbocycles. The van der Waals surface area contributed by atoms with Crippen LogP contribution in [-0.4, -0.2) is 34.9 Å². The minimum Gasteiger partial charge on any atom is -0.497 e. The monoisotopic (exact) mass is 390 g/mol. The molecule has 6 nitrogen and oxygen atoms in total. The SMILES string of the molecule is COc1cccc(CN(C)C(=O)Nc2c(C)c(C3CC3)nn2-c2ccccc2)c1. The maximum absolute atomic E-state index is 12.9. The van der Waals surface area contributed by atoms with Crippen molar-refractivity contribution in [1.29, 1.82) is 0 Å². The Balaban J connectivity index is 1.57. The molecule has 0 atom stereocenters. The number of aromatic nitrogens is 2. The molecule has 1 heterocycles. The van der Waals surface area contributed by atoms with Gasteiger partial charge in [-0.1, -0.05) is 30.3 Å². The maximum atomic E-state index is 12.9. The van der Waals surface area contributed by atoms with Crippen molar-refractivity contribution in [3.05, 3.63) is 71.4 Å². The van der Waals surface area contributed by atoms with E-state index < -0.39 is 0 Å². The van der Waals surface area contributed by atoms with E-state index >= 15 is 0 Å². The third kappa shape index (κ3) is 4.11. The molecule has 150 valence electrons. The van der Waals surface area contributed by atoms with Crippen LogP contribution < -0.4 is 10.1 Å². The zero-order valence-corrected chi connectivity index (χ0v) is 17.1. The van der Waals surface area contributed by atoms with Crippen LogP contribution in [0.25, 0.3) is 5.69 Å². The zero-order valence-electron chi connectivity index (χ0n) is 17.1. The second kappa shape index (κ2) is 7.99. The Hall–Kier alpha value is -3.28. The molecule has 1 aromatic heterocycles. The van der Waals surface area contributed by atoms with Crippen molar-refractivity contribution in [3.8, 4) is 11.4 Å². The number of ether oxygens (including phenoxy) is 1. The minimum absolute atomic E-state index is 0.171. The van der Waals surface area contributed by atoms with Gasteiger partial charge in [0.25, 0.3) is 0 Å². The van der Waals surface area contributed by atoms with Crippen molar-refractivity contribution in [1.82, 2.24) is 14.7 Å². The molecule has 0 radical (unpaired) electrons. The lowest BCUT2D eigenvalue weighted by molar-refractivity contribution is 0.220. The van der Waals surface area contributed by atoms with Crippen LogP contribution in [0.15, 0.2) is 54.6 Å². The summed E-state index contributed by atoms with van der Waals surface area (Å²) in [6.45, 7) is 2.52. The number of methoxy groups -OCH3 is 1. The van der Waals surface area contributed by atoms with Gasteiger partial charge in [0.05, 0.1) is 18.5 Å². The van der Waals surface area contributed by atoms with Crippen LogP contribution in [0.2, 0.25) is 0 Å². The smallest absolute Gasteiger partial charge is 0.323 e. The molecule has 6 heteroatoms. The van der Waals surface area contributed by atoms with Gasteiger partial charge in [0.15, 0.2) is 0 Å². The quantitative estimate of drug-likeness (QED) is 0.662. The van der Waals surface area contributed by atoms with E-state index in [1.807, 2.05) is 66.2 Å². The third-order valence-electron chi connectivity index (χ3n) is 5.25. The number of anilines is 1. The lowest BCUT2D eigenvalue weighted by Crippen LogP contribution is -2.31. The van der Waals surface area contributed by atoms with E-state index in [0.717, 1.165) is 46.9 Å². The number of hydrogen-bond acceptors (Lipinski definition) is 3. The molecule has 1 aliphatic carbocycles. The number of para-hydroxylation sites is 1. The van der Waals surface area contributed by atoms with Crippen LogP contribution in [0.4, 0.5) is 10.6 Å². The van der Waals surface area contributed by atoms with Gasteiger partial charge in [-0.05, 0) is 49.6 Å². The van der Waals surface area contributed by atoms with E-state index in [1.165, 1.54) is 0 Å². The first-order valence-electron chi connectivity index (χ1n) is 9.87. The summed E-state index contributed by atoms with van der Waals surface area (Å²) in [6, 6.07) is 17.5. The number of rotatable bonds is 6. The first-order chi connectivity index (χ1) is 14.1. The second-order valence-corrected chi connectivity index (χ2v) is 7.52. The maximum Gasteiger partial charge on any atom is 0.323 e. The predicted molar refractivity (Wildman–Crippen MR) is 114 cm³/mol. The number of nitrogens with zero attached hydrogens (tertiary/aromatic N) is 3. The van der Waals surface area contributed by atoms with Gasteiger partial charge in [-0.15, -0.1) is 0 Å². The van der Waals surface area contributed by atoms with E-state index in [-0.39, 0.29) is 6.03 Å². The van der Waals surface area contributed by atoms with Gasteiger partial charge >= 0.3 is 6.03 Å². The first kappa shape index (κ1) is 19.1. The van der Waals surface area contributed by atoms with Crippen molar-refractivity contribution in [2.24, 2.45) is 0 Å². The summed E-state index contributed by atoms with van der Waals surface area (Å²) in [4.78, 5) is 14.6. The van der Waals surface area contributed by atoms with Crippen LogP contribution in [0.1, 0.15) is 35.6 Å². The summed E-state index contributed by atoms with van der Waals surface area (Å²) in [5.74, 6) is 2.02. The molecule has 1 aliphatic rings. The van der Waals surface area contributed by atoms with E-state index in [4.69, 9.17) is 9.84 Å². The van der Waals surface area contributed by atoms with Gasteiger partial charge in [-0.2, -0.15) is 5.10 Å². The Labute approximate surface area is 171 Å². The van der Waals surface area contributed by atoms with E-state index in [2.05, 4.69) is 5.32 Å². The van der Waals surface area contributed by atoms with Crippen molar-refractivity contribution in [2.75, 3.05) is 19.5 Å². The van der Waals surface area contributed by atoms with Crippen LogP contribution in [-0.2, 0) is 6.54 Å². The van der Waals surface area contributed by atoms with Crippen molar-refractivity contribution >= 4 is 11.8 Å². The van der Waals surface area contributed by atoms with Gasteiger partial charge < -0.3 is 9.64 Å². The topological polar surface area (TPSA) is 59.4 Å². The molecule has 2 amide bonds. The third-order valence-corrected chi connectivity index (χ3v) is 5.25. The standard InChI is InChI=1S/C23H26N4O2/c1-16-21(18-12-13-18)25-27(19-9-5-4-6-10-19)22(16)24-23(28)26(2)15-17-8-7-11-20(14-17)29-3/h4-11,14,18H,12-13,15H2,1-3H3,(H,24,28). The number of hydrogen-bond donors (Lipinski definition) is 1. The molecule has 1 saturated carbocycles. The average molecular weight is 390 g/mol. The van der Waals surface area contributed by atoms with Gasteiger partial charge in [0.2, 0.25) is 0 Å². The lowest BCUT2D eigenvalue weighted by atomic mass is 10.2. The van der Waals surface area contributed by atoms with Gasteiger partial charge in [0, 0.05) is 25.1 Å². The Morgan fingerprint density at radius 2 is 1.97 bits per heavy atom. The fraction of sp³-hybridized carbons (Fsp3) is 0.304. The van der Waals surface area contributed by atoms with Crippen LogP contribution in [0, 0.1) is 6.92 Å². The summed E-state index contributed by atoms with van der Waals surface area (Å²) in [5, 5.41) is 7.91. The summed E-state index contributed by atoms with van der Waals surface area (Å²) in [5.41, 5.74) is 4.07. The number of urea groups is 1. The Kier molecular flexibility index (Phi) is 5.25. The van der Waals surface area contributed by atoms with Crippen molar-refractivity contribution in [2.45, 2.75) is 32.2 Å². The average Bonchev–Trinajstić information content (AvgIpc) is 3.54. The van der Waals surface area contributed by atoms with E-state index in [0.29, 0.717) is 12.5 Å². The molecule has 4 rings (SSSR count). The zero-order chi connectivity index (χ0) is 20.4. The lowest BCUT2D eigenvalue weighted by Gasteiger charge is -2.19. The minimum atomic E-state index is -0.171. The summed E-state index contributed by atoms with van der Waals surface area (Å²) in [7, 11) is 3.43. The fourth-order valence-electron chi connectivity index (χ4n) is 3.47. The predicted octanol–water partition coefficient (Wildman–Crippen LogP) is 4.73. The van der Waals surface area contributed by atoms with Crippen LogP contribution in [0.3, 0.4) is 0 Å². The molecule has 0 saturated heterocycles. The van der Waals surface area contributed by atoms with Gasteiger partial charge in [-0.25, -0.2) is 9.48 Å². The van der Waals surface area contributed by atoms with Crippen LogP contribution >= 0.6 is 0 Å². The highest BCUT2D eigenvalue weighted by molar-refractivity contribution is 5.89. The van der Waals surface area contributed by atoms with Gasteiger partial charge in [0.1, 0.15) is 11.6 Å². The normalized spacial score (nSPS) is 13.2. The molecule has 0 aliphatic heterocycles. The highest BCUT2D eigenvalue weighted by Crippen LogP contribution is 2.43. The summed E-state index contributed by atoms with van der Waals surface area (Å²) in [6.07, 6.45) is 2.32. The number of amides is 2. The Bertz CT molecular complexity index is 1010. The Morgan fingerprint density at radius 3 is 2.66 bits per heavy atom. The molecule has 1 N–H and O–H groups in total. The molecule has 0 unspecified atom stereocenters. The number of benzene rings is 2. The largest absolute Gasteiger partial charge is 0.497 e. The van der Waals surface area contributed by atoms with Crippen LogP contribution in [0.5, 0.6) is 5.75 Å². The molecule has 1 fully saturated rings. The van der Waals surface area contributed by atoms with Gasteiger partial charge in [-0.3, -0.25) is 5.32 Å². The molecular formula is C23H26N4O2. The second-order valence-electron chi connectivity index (χ2n) is 7.52.